The van der Waals surface area contributed by atoms with Crippen molar-refractivity contribution in [3.8, 4) is 5.75 Å². The summed E-state index contributed by atoms with van der Waals surface area (Å²) in [5, 5.41) is 8.84. The second-order valence-corrected chi connectivity index (χ2v) is 2.38. The predicted octanol–water partition coefficient (Wildman–Crippen LogP) is 2.11. The van der Waals surface area contributed by atoms with Gasteiger partial charge in [0.25, 0.3) is 0 Å². The average molecular weight is 177 g/mol. The number of aromatic hydroxyl groups is 1. The zero-order valence-electron chi connectivity index (χ0n) is 6.18. The van der Waals surface area contributed by atoms with Crippen LogP contribution >= 0.6 is 0 Å². The quantitative estimate of drug-likeness (QED) is 0.658. The molecular formula is C7H6F3NO. The van der Waals surface area contributed by atoms with Gasteiger partial charge in [0.15, 0.2) is 5.69 Å². The first-order chi connectivity index (χ1) is 5.41. The Bertz CT molecular complexity index is 295. The zero-order valence-corrected chi connectivity index (χ0v) is 6.18. The van der Waals surface area contributed by atoms with Crippen LogP contribution in [0.25, 0.3) is 0 Å². The highest BCUT2D eigenvalue weighted by molar-refractivity contribution is 5.31. The molecule has 1 heterocycles. The standard InChI is InChI=1S/C7H6F3NO/c1-4-2-5(12)6(11-3-4)7(8,9)10/h2-3,12H,1H3. The normalized spacial score (nSPS) is 11.7. The Kier molecular flexibility index (Phi) is 1.95. The monoisotopic (exact) mass is 177 g/mol. The fraction of sp³-hybridized carbons (Fsp3) is 0.286. The van der Waals surface area contributed by atoms with Gasteiger partial charge in [-0.25, -0.2) is 4.98 Å². The maximum absolute atomic E-state index is 12.0. The zero-order chi connectivity index (χ0) is 9.35. The Balaban J connectivity index is 3.19. The van der Waals surface area contributed by atoms with Crippen LogP contribution in [0.1, 0.15) is 11.3 Å². The average Bonchev–Trinajstić information content (AvgIpc) is 1.83. The van der Waals surface area contributed by atoms with E-state index in [4.69, 9.17) is 5.11 Å². The summed E-state index contributed by atoms with van der Waals surface area (Å²) in [7, 11) is 0. The fourth-order valence-electron chi connectivity index (χ4n) is 0.772. The Hall–Kier alpha value is -1.26. The molecule has 0 spiro atoms. The molecule has 5 heteroatoms. The second kappa shape index (κ2) is 2.66. The predicted molar refractivity (Wildman–Crippen MR) is 35.6 cm³/mol. The van der Waals surface area contributed by atoms with Crippen molar-refractivity contribution in [1.82, 2.24) is 4.98 Å². The van der Waals surface area contributed by atoms with Gasteiger partial charge in [-0.2, -0.15) is 13.2 Å². The second-order valence-electron chi connectivity index (χ2n) is 2.38. The first kappa shape index (κ1) is 8.83. The first-order valence-electron chi connectivity index (χ1n) is 3.14. The van der Waals surface area contributed by atoms with Gasteiger partial charge < -0.3 is 5.11 Å². The number of hydrogen-bond donors (Lipinski definition) is 1. The lowest BCUT2D eigenvalue weighted by atomic mass is 10.2. The molecule has 0 aliphatic rings. The molecule has 0 aromatic carbocycles. The summed E-state index contributed by atoms with van der Waals surface area (Å²) in [5.74, 6) is -0.831. The number of alkyl halides is 3. The van der Waals surface area contributed by atoms with Crippen LogP contribution in [0.2, 0.25) is 0 Å². The lowest BCUT2D eigenvalue weighted by molar-refractivity contribution is -0.142. The summed E-state index contributed by atoms with van der Waals surface area (Å²) in [5.41, 5.74) is -0.756. The smallest absolute Gasteiger partial charge is 0.437 e. The summed E-state index contributed by atoms with van der Waals surface area (Å²) in [4.78, 5) is 3.07. The number of nitrogens with zero attached hydrogens (tertiary/aromatic N) is 1. The van der Waals surface area contributed by atoms with Gasteiger partial charge in [0.2, 0.25) is 0 Å². The molecule has 0 radical (unpaired) electrons. The van der Waals surface area contributed by atoms with Crippen molar-refractivity contribution in [3.63, 3.8) is 0 Å². The minimum atomic E-state index is -4.59. The number of aromatic nitrogens is 1. The van der Waals surface area contributed by atoms with Gasteiger partial charge in [0.05, 0.1) is 0 Å². The molecule has 0 unspecified atom stereocenters. The number of hydrogen-bond acceptors (Lipinski definition) is 2. The van der Waals surface area contributed by atoms with E-state index in [1.165, 1.54) is 0 Å². The molecule has 0 saturated carbocycles. The number of halogens is 3. The van der Waals surface area contributed by atoms with Crippen LogP contribution in [0.4, 0.5) is 13.2 Å². The third-order valence-electron chi connectivity index (χ3n) is 1.27. The van der Waals surface area contributed by atoms with E-state index in [1.54, 1.807) is 6.92 Å². The van der Waals surface area contributed by atoms with Crippen LogP contribution in [-0.4, -0.2) is 10.1 Å². The third-order valence-corrected chi connectivity index (χ3v) is 1.27. The van der Waals surface area contributed by atoms with Crippen molar-refractivity contribution in [1.29, 1.82) is 0 Å². The summed E-state index contributed by atoms with van der Waals surface area (Å²) in [6, 6.07) is 1.02. The topological polar surface area (TPSA) is 33.1 Å². The van der Waals surface area contributed by atoms with Gasteiger partial charge in [0, 0.05) is 6.20 Å². The van der Waals surface area contributed by atoms with Gasteiger partial charge in [-0.1, -0.05) is 0 Å². The molecule has 1 aromatic rings. The van der Waals surface area contributed by atoms with Crippen molar-refractivity contribution in [2.75, 3.05) is 0 Å². The maximum Gasteiger partial charge on any atom is 0.437 e. The highest BCUT2D eigenvalue weighted by Crippen LogP contribution is 2.33. The van der Waals surface area contributed by atoms with E-state index in [9.17, 15) is 13.2 Å². The molecule has 1 rings (SSSR count). The lowest BCUT2D eigenvalue weighted by Gasteiger charge is -2.07. The molecule has 0 aliphatic heterocycles. The first-order valence-corrected chi connectivity index (χ1v) is 3.14. The van der Waals surface area contributed by atoms with E-state index in [0.717, 1.165) is 12.3 Å². The number of rotatable bonds is 0. The summed E-state index contributed by atoms with van der Waals surface area (Å²) in [6.45, 7) is 1.55. The molecule has 0 bridgehead atoms. The largest absolute Gasteiger partial charge is 0.506 e. The van der Waals surface area contributed by atoms with Crippen molar-refractivity contribution in [2.45, 2.75) is 13.1 Å². The van der Waals surface area contributed by atoms with E-state index in [1.807, 2.05) is 0 Å². The Morgan fingerprint density at radius 3 is 2.42 bits per heavy atom. The van der Waals surface area contributed by atoms with Crippen LogP contribution in [0.3, 0.4) is 0 Å². The SMILES string of the molecule is Cc1cnc(C(F)(F)F)c(O)c1. The minimum absolute atomic E-state index is 0.487. The number of pyridine rings is 1. The van der Waals surface area contributed by atoms with Crippen LogP contribution in [-0.2, 0) is 6.18 Å². The van der Waals surface area contributed by atoms with Crippen LogP contribution in [0.15, 0.2) is 12.3 Å². The van der Waals surface area contributed by atoms with Crippen molar-refractivity contribution < 1.29 is 18.3 Å². The fourth-order valence-corrected chi connectivity index (χ4v) is 0.772. The molecule has 0 aliphatic carbocycles. The molecule has 12 heavy (non-hydrogen) atoms. The van der Waals surface area contributed by atoms with E-state index in [2.05, 4.69) is 4.98 Å². The van der Waals surface area contributed by atoms with Gasteiger partial charge in [-0.15, -0.1) is 0 Å². The summed E-state index contributed by atoms with van der Waals surface area (Å²) < 4.78 is 35.9. The molecule has 0 saturated heterocycles. The van der Waals surface area contributed by atoms with Gasteiger partial charge in [0.1, 0.15) is 5.75 Å². The molecule has 66 valence electrons. The molecule has 0 fully saturated rings. The van der Waals surface area contributed by atoms with Crippen LogP contribution < -0.4 is 0 Å². The summed E-state index contributed by atoms with van der Waals surface area (Å²) >= 11 is 0. The molecule has 1 aromatic heterocycles. The van der Waals surface area contributed by atoms with E-state index >= 15 is 0 Å². The van der Waals surface area contributed by atoms with Gasteiger partial charge in [-0.05, 0) is 18.6 Å². The molecule has 1 N–H and O–H groups in total. The van der Waals surface area contributed by atoms with Crippen molar-refractivity contribution in [3.05, 3.63) is 23.5 Å². The van der Waals surface area contributed by atoms with Crippen molar-refractivity contribution in [2.24, 2.45) is 0 Å². The third kappa shape index (κ3) is 1.66. The van der Waals surface area contributed by atoms with E-state index in [-0.39, 0.29) is 0 Å². The maximum atomic E-state index is 12.0. The van der Waals surface area contributed by atoms with Crippen molar-refractivity contribution >= 4 is 0 Å². The van der Waals surface area contributed by atoms with E-state index < -0.39 is 17.6 Å². The molecular weight excluding hydrogens is 171 g/mol. The minimum Gasteiger partial charge on any atom is -0.506 e. The number of aryl methyl sites for hydroxylation is 1. The Labute approximate surface area is 66.7 Å². The molecule has 0 amide bonds. The van der Waals surface area contributed by atoms with Gasteiger partial charge >= 0.3 is 6.18 Å². The van der Waals surface area contributed by atoms with Crippen LogP contribution in [0.5, 0.6) is 5.75 Å². The van der Waals surface area contributed by atoms with E-state index in [0.29, 0.717) is 5.56 Å². The highest BCUT2D eigenvalue weighted by atomic mass is 19.4. The summed E-state index contributed by atoms with van der Waals surface area (Å²) in [6.07, 6.45) is -3.53. The molecule has 2 nitrogen and oxygen atoms in total. The lowest BCUT2D eigenvalue weighted by Crippen LogP contribution is -2.07. The van der Waals surface area contributed by atoms with Gasteiger partial charge in [-0.3, -0.25) is 0 Å². The van der Waals surface area contributed by atoms with Crippen LogP contribution in [0, 0.1) is 6.92 Å². The molecule has 0 atom stereocenters. The highest BCUT2D eigenvalue weighted by Gasteiger charge is 2.35. The Morgan fingerprint density at radius 1 is 1.42 bits per heavy atom. The Morgan fingerprint density at radius 2 is 2.00 bits per heavy atom.